The van der Waals surface area contributed by atoms with Crippen molar-refractivity contribution in [2.75, 3.05) is 11.9 Å². The summed E-state index contributed by atoms with van der Waals surface area (Å²) < 4.78 is 84.5. The molecule has 0 radical (unpaired) electrons. The van der Waals surface area contributed by atoms with Crippen molar-refractivity contribution in [3.05, 3.63) is 47.5 Å². The molecule has 2 heterocycles. The lowest BCUT2D eigenvalue weighted by atomic mass is 9.66. The third-order valence-corrected chi connectivity index (χ3v) is 10.5. The van der Waals surface area contributed by atoms with E-state index in [2.05, 4.69) is 15.7 Å². The second-order valence-electron chi connectivity index (χ2n) is 14.1. The van der Waals surface area contributed by atoms with Crippen LogP contribution in [0.1, 0.15) is 113 Å². The van der Waals surface area contributed by atoms with Crippen LogP contribution in [0.25, 0.3) is 0 Å². The number of halogens is 6. The zero-order valence-corrected chi connectivity index (χ0v) is 28.3. The van der Waals surface area contributed by atoms with Gasteiger partial charge in [-0.3, -0.25) is 14.3 Å². The zero-order chi connectivity index (χ0) is 36.2. The predicted molar refractivity (Wildman–Crippen MR) is 174 cm³/mol. The third kappa shape index (κ3) is 8.74. The maximum Gasteiger partial charge on any atom is 0.410 e. The summed E-state index contributed by atoms with van der Waals surface area (Å²) in [4.78, 5) is 41.1. The van der Waals surface area contributed by atoms with Crippen LogP contribution in [-0.4, -0.2) is 63.8 Å². The number of anilines is 1. The van der Waals surface area contributed by atoms with E-state index in [0.29, 0.717) is 4.90 Å². The van der Waals surface area contributed by atoms with Gasteiger partial charge in [0.1, 0.15) is 23.6 Å². The lowest BCUT2D eigenvalue weighted by Crippen LogP contribution is -2.53. The summed E-state index contributed by atoms with van der Waals surface area (Å²) in [5, 5.41) is 11.6. The number of carbonyl (C=O) groups excluding carboxylic acids is 3. The van der Waals surface area contributed by atoms with Crippen molar-refractivity contribution in [2.45, 2.75) is 121 Å². The fourth-order valence-electron chi connectivity index (χ4n) is 8.10. The van der Waals surface area contributed by atoms with Gasteiger partial charge in [0.05, 0.1) is 18.3 Å². The Labute approximate surface area is 287 Å². The SMILES string of the molecule is CC(C)n1nccc1C(=O)N[C@H](C(=O)Nc1ccc([C@@H](CC(F)F)N2C[C@@H](C(F)(F)F)NC2=O)cc1F)C(C1CCCCC1)C1CCCCC1. The molecule has 1 aromatic heterocycles. The largest absolute Gasteiger partial charge is 0.410 e. The maximum absolute atomic E-state index is 15.8. The number of alkyl halides is 5. The number of urea groups is 1. The van der Waals surface area contributed by atoms with Crippen molar-refractivity contribution in [1.82, 2.24) is 25.3 Å². The Morgan fingerprint density at radius 2 is 1.60 bits per heavy atom. The predicted octanol–water partition coefficient (Wildman–Crippen LogP) is 7.77. The summed E-state index contributed by atoms with van der Waals surface area (Å²) in [6.07, 6.45) is 2.49. The number of rotatable bonds is 12. The number of nitrogens with one attached hydrogen (secondary N) is 3. The highest BCUT2D eigenvalue weighted by Gasteiger charge is 2.49. The molecule has 9 nitrogen and oxygen atoms in total. The number of hydrogen-bond donors (Lipinski definition) is 3. The molecule has 15 heteroatoms. The fraction of sp³-hybridized carbons (Fsp3) is 0.657. The first-order valence-electron chi connectivity index (χ1n) is 17.6. The van der Waals surface area contributed by atoms with Crippen molar-refractivity contribution in [3.63, 3.8) is 0 Å². The number of aromatic nitrogens is 2. The van der Waals surface area contributed by atoms with E-state index < -0.39 is 67.4 Å². The molecule has 3 atom stereocenters. The molecule has 276 valence electrons. The average molecular weight is 713 g/mol. The first-order chi connectivity index (χ1) is 23.7. The molecule has 3 fully saturated rings. The first kappa shape index (κ1) is 37.5. The highest BCUT2D eigenvalue weighted by Crippen LogP contribution is 2.42. The van der Waals surface area contributed by atoms with Crippen LogP contribution in [0.5, 0.6) is 0 Å². The van der Waals surface area contributed by atoms with Gasteiger partial charge in [-0.1, -0.05) is 70.3 Å². The van der Waals surface area contributed by atoms with Crippen LogP contribution in [0.15, 0.2) is 30.5 Å². The van der Waals surface area contributed by atoms with Gasteiger partial charge in [-0.15, -0.1) is 0 Å². The number of carbonyl (C=O) groups is 3. The summed E-state index contributed by atoms with van der Waals surface area (Å²) in [6, 6.07) is -1.36. The summed E-state index contributed by atoms with van der Waals surface area (Å²) in [7, 11) is 0. The number of nitrogens with zero attached hydrogens (tertiary/aromatic N) is 3. The summed E-state index contributed by atoms with van der Waals surface area (Å²) >= 11 is 0. The molecular formula is C35H46F6N6O3. The smallest absolute Gasteiger partial charge is 0.339 e. The lowest BCUT2D eigenvalue weighted by Gasteiger charge is -2.42. The monoisotopic (exact) mass is 712 g/mol. The Morgan fingerprint density at radius 1 is 0.980 bits per heavy atom. The molecule has 0 bridgehead atoms. The van der Waals surface area contributed by atoms with Gasteiger partial charge in [-0.2, -0.15) is 18.3 Å². The molecule has 0 spiro atoms. The van der Waals surface area contributed by atoms with E-state index >= 15 is 4.39 Å². The molecule has 2 aromatic rings. The van der Waals surface area contributed by atoms with Gasteiger partial charge in [0.15, 0.2) is 0 Å². The zero-order valence-electron chi connectivity index (χ0n) is 28.3. The van der Waals surface area contributed by atoms with Gasteiger partial charge in [0, 0.05) is 18.7 Å². The van der Waals surface area contributed by atoms with E-state index in [-0.39, 0.29) is 40.7 Å². The lowest BCUT2D eigenvalue weighted by molar-refractivity contribution is -0.150. The van der Waals surface area contributed by atoms with Gasteiger partial charge in [0.25, 0.3) is 5.91 Å². The Balaban J connectivity index is 1.44. The van der Waals surface area contributed by atoms with Gasteiger partial charge < -0.3 is 20.9 Å². The van der Waals surface area contributed by atoms with Crippen LogP contribution in [0.4, 0.5) is 36.8 Å². The van der Waals surface area contributed by atoms with E-state index in [9.17, 15) is 36.3 Å². The van der Waals surface area contributed by atoms with Crippen molar-refractivity contribution in [1.29, 1.82) is 0 Å². The molecule has 50 heavy (non-hydrogen) atoms. The van der Waals surface area contributed by atoms with E-state index in [1.54, 1.807) is 16.1 Å². The molecule has 1 saturated heterocycles. The molecule has 4 amide bonds. The maximum atomic E-state index is 15.8. The molecule has 2 saturated carbocycles. The van der Waals surface area contributed by atoms with Crippen LogP contribution in [0.2, 0.25) is 0 Å². The molecule has 3 aliphatic rings. The average Bonchev–Trinajstić information content (AvgIpc) is 3.73. The van der Waals surface area contributed by atoms with E-state index in [0.717, 1.165) is 76.3 Å². The minimum Gasteiger partial charge on any atom is -0.339 e. The first-order valence-corrected chi connectivity index (χ1v) is 17.6. The fourth-order valence-corrected chi connectivity index (χ4v) is 8.10. The summed E-state index contributed by atoms with van der Waals surface area (Å²) in [6.45, 7) is 2.84. The van der Waals surface area contributed by atoms with Gasteiger partial charge in [-0.25, -0.2) is 18.0 Å². The molecular weight excluding hydrogens is 666 g/mol. The second-order valence-corrected chi connectivity index (χ2v) is 14.1. The van der Waals surface area contributed by atoms with Gasteiger partial charge in [-0.05, 0) is 55.4 Å². The van der Waals surface area contributed by atoms with Crippen LogP contribution in [-0.2, 0) is 4.79 Å². The Bertz CT molecular complexity index is 1470. The van der Waals surface area contributed by atoms with Crippen molar-refractivity contribution in [3.8, 4) is 0 Å². The van der Waals surface area contributed by atoms with Crippen LogP contribution < -0.4 is 16.0 Å². The Hall–Kier alpha value is -3.78. The van der Waals surface area contributed by atoms with Crippen molar-refractivity contribution < 1.29 is 40.7 Å². The minimum absolute atomic E-state index is 0.127. The molecule has 1 aliphatic heterocycles. The van der Waals surface area contributed by atoms with Crippen LogP contribution in [0.3, 0.4) is 0 Å². The molecule has 0 unspecified atom stereocenters. The quantitative estimate of drug-likeness (QED) is 0.196. The highest BCUT2D eigenvalue weighted by atomic mass is 19.4. The summed E-state index contributed by atoms with van der Waals surface area (Å²) in [5.74, 6) is -2.03. The molecule has 1 aromatic carbocycles. The number of benzene rings is 1. The van der Waals surface area contributed by atoms with E-state index in [1.165, 1.54) is 12.3 Å². The van der Waals surface area contributed by atoms with Gasteiger partial charge >= 0.3 is 12.2 Å². The minimum atomic E-state index is -4.80. The van der Waals surface area contributed by atoms with Gasteiger partial charge in [0.2, 0.25) is 12.3 Å². The molecule has 3 N–H and O–H groups in total. The third-order valence-electron chi connectivity index (χ3n) is 10.5. The summed E-state index contributed by atoms with van der Waals surface area (Å²) in [5.41, 5.74) is -0.151. The number of hydrogen-bond acceptors (Lipinski definition) is 4. The van der Waals surface area contributed by atoms with Crippen molar-refractivity contribution >= 4 is 23.5 Å². The topological polar surface area (TPSA) is 108 Å². The Kier molecular flexibility index (Phi) is 12.0. The molecule has 5 rings (SSSR count). The highest BCUT2D eigenvalue weighted by molar-refractivity contribution is 6.00. The second kappa shape index (κ2) is 16.1. The van der Waals surface area contributed by atoms with Crippen LogP contribution >= 0.6 is 0 Å². The van der Waals surface area contributed by atoms with Crippen molar-refractivity contribution in [2.24, 2.45) is 17.8 Å². The van der Waals surface area contributed by atoms with Crippen LogP contribution in [0, 0.1) is 23.6 Å². The van der Waals surface area contributed by atoms with E-state index in [1.807, 2.05) is 13.8 Å². The molecule has 2 aliphatic carbocycles. The standard InChI is InChI=1S/C35H46F6N6O3/c1-20(2)47-26(15-16-42-47)32(48)45-31(30(21-9-5-3-6-10-21)22-11-7-4-8-12-22)33(49)43-25-14-13-23(17-24(25)36)27(18-29(37)38)46-19-28(35(39,40)41)44-34(46)50/h13-17,20-22,27-31H,3-12,18-19H2,1-2H3,(H,43,49)(H,44,50)(H,45,48)/t27-,28+,31+/m1/s1. The Morgan fingerprint density at radius 3 is 2.12 bits per heavy atom. The normalized spacial score (nSPS) is 20.7. The van der Waals surface area contributed by atoms with E-state index in [4.69, 9.17) is 0 Å². The number of amides is 4.